The summed E-state index contributed by atoms with van der Waals surface area (Å²) in [6.07, 6.45) is 2.45. The van der Waals surface area contributed by atoms with Crippen LogP contribution in [0.15, 0.2) is 42.6 Å². The maximum absolute atomic E-state index is 12.5. The van der Waals surface area contributed by atoms with Crippen molar-refractivity contribution in [1.82, 2.24) is 10.3 Å². The minimum Gasteiger partial charge on any atom is -0.493 e. The second-order valence-corrected chi connectivity index (χ2v) is 6.60. The molecule has 1 aromatic carbocycles. The number of pyridine rings is 1. The molecule has 0 aliphatic rings. The number of nitrogens with one attached hydrogen (secondary N) is 2. The molecule has 0 unspecified atom stereocenters. The fourth-order valence-corrected chi connectivity index (χ4v) is 2.29. The molecule has 0 saturated heterocycles. The molecule has 0 saturated carbocycles. The van der Waals surface area contributed by atoms with Gasteiger partial charge in [-0.2, -0.15) is 0 Å². The zero-order valence-corrected chi connectivity index (χ0v) is 15.7. The van der Waals surface area contributed by atoms with Crippen LogP contribution in [0.3, 0.4) is 0 Å². The normalized spacial score (nSPS) is 10.4. The smallest absolute Gasteiger partial charge is 0.261 e. The minimum atomic E-state index is -0.334. The third-order valence-electron chi connectivity index (χ3n) is 3.30. The molecule has 0 fully saturated rings. The molecule has 0 radical (unpaired) electrons. The van der Waals surface area contributed by atoms with E-state index in [4.69, 9.17) is 28.6 Å². The van der Waals surface area contributed by atoms with Crippen LogP contribution in [0.25, 0.3) is 0 Å². The monoisotopic (exact) mass is 377 g/mol. The molecule has 2 rings (SSSR count). The van der Waals surface area contributed by atoms with E-state index in [0.29, 0.717) is 34.7 Å². The number of hydrogen-bond acceptors (Lipinski definition) is 4. The van der Waals surface area contributed by atoms with Gasteiger partial charge in [0.25, 0.3) is 5.91 Å². The van der Waals surface area contributed by atoms with Gasteiger partial charge in [-0.1, -0.05) is 37.6 Å². The molecular formula is C18H20ClN3O2S. The van der Waals surface area contributed by atoms with E-state index in [9.17, 15) is 4.79 Å². The molecule has 2 aromatic rings. The number of amides is 1. The van der Waals surface area contributed by atoms with Gasteiger partial charge in [0.1, 0.15) is 10.9 Å². The standard InChI is InChI=1S/C18H20ClN3O2S/c1-12(2)9-10-24-15-6-4-3-5-14(15)17(23)22-18(25)21-13-7-8-16(19)20-11-13/h3-8,11-12H,9-10H2,1-2H3,(H2,21,22,23,25). The van der Waals surface area contributed by atoms with Gasteiger partial charge in [-0.15, -0.1) is 0 Å². The van der Waals surface area contributed by atoms with Gasteiger partial charge in [0.2, 0.25) is 0 Å². The molecule has 1 aromatic heterocycles. The predicted octanol–water partition coefficient (Wildman–Crippen LogP) is 4.29. The highest BCUT2D eigenvalue weighted by Gasteiger charge is 2.13. The van der Waals surface area contributed by atoms with Crippen molar-refractivity contribution in [2.24, 2.45) is 5.92 Å². The highest BCUT2D eigenvalue weighted by atomic mass is 35.5. The van der Waals surface area contributed by atoms with Crippen LogP contribution in [0.1, 0.15) is 30.6 Å². The number of aromatic nitrogens is 1. The number of benzene rings is 1. The summed E-state index contributed by atoms with van der Waals surface area (Å²) in [5.74, 6) is 0.738. The first-order chi connectivity index (χ1) is 12.0. The SMILES string of the molecule is CC(C)CCOc1ccccc1C(=O)NC(=S)Nc1ccc(Cl)nc1. The van der Waals surface area contributed by atoms with E-state index in [1.165, 1.54) is 6.20 Å². The summed E-state index contributed by atoms with van der Waals surface area (Å²) in [4.78, 5) is 16.4. The fourth-order valence-electron chi connectivity index (χ4n) is 1.97. The van der Waals surface area contributed by atoms with Crippen molar-refractivity contribution < 1.29 is 9.53 Å². The molecule has 2 N–H and O–H groups in total. The van der Waals surface area contributed by atoms with Crippen molar-refractivity contribution in [1.29, 1.82) is 0 Å². The number of para-hydroxylation sites is 1. The number of rotatable bonds is 6. The van der Waals surface area contributed by atoms with Gasteiger partial charge < -0.3 is 10.1 Å². The molecule has 0 aliphatic carbocycles. The Morgan fingerprint density at radius 3 is 2.72 bits per heavy atom. The summed E-state index contributed by atoms with van der Waals surface area (Å²) in [6.45, 7) is 4.80. The Kier molecular flexibility index (Phi) is 7.16. The summed E-state index contributed by atoms with van der Waals surface area (Å²) in [7, 11) is 0. The molecule has 132 valence electrons. The van der Waals surface area contributed by atoms with E-state index in [2.05, 4.69) is 29.5 Å². The van der Waals surface area contributed by atoms with Crippen LogP contribution in [0.2, 0.25) is 5.15 Å². The lowest BCUT2D eigenvalue weighted by atomic mass is 10.1. The van der Waals surface area contributed by atoms with Crippen LogP contribution in [0, 0.1) is 5.92 Å². The molecule has 0 bridgehead atoms. The maximum atomic E-state index is 12.5. The molecule has 0 aliphatic heterocycles. The molecular weight excluding hydrogens is 358 g/mol. The summed E-state index contributed by atoms with van der Waals surface area (Å²) in [6, 6.07) is 10.4. The molecule has 7 heteroatoms. The van der Waals surface area contributed by atoms with E-state index in [-0.39, 0.29) is 11.0 Å². The Balaban J connectivity index is 1.97. The number of thiocarbonyl (C=S) groups is 1. The molecule has 1 amide bonds. The van der Waals surface area contributed by atoms with Gasteiger partial charge in [0.05, 0.1) is 24.1 Å². The first-order valence-corrected chi connectivity index (χ1v) is 8.70. The number of halogens is 1. The van der Waals surface area contributed by atoms with E-state index in [1.54, 1.807) is 30.3 Å². The van der Waals surface area contributed by atoms with Gasteiger partial charge in [-0.3, -0.25) is 10.1 Å². The molecule has 25 heavy (non-hydrogen) atoms. The van der Waals surface area contributed by atoms with Gasteiger partial charge in [-0.25, -0.2) is 4.98 Å². The molecule has 5 nitrogen and oxygen atoms in total. The summed E-state index contributed by atoms with van der Waals surface area (Å²) < 4.78 is 5.73. The number of anilines is 1. The van der Waals surface area contributed by atoms with Gasteiger partial charge in [0.15, 0.2) is 5.11 Å². The number of nitrogens with zero attached hydrogens (tertiary/aromatic N) is 1. The summed E-state index contributed by atoms with van der Waals surface area (Å²) in [5, 5.41) is 6.08. The Morgan fingerprint density at radius 2 is 2.04 bits per heavy atom. The number of carbonyl (C=O) groups is 1. The topological polar surface area (TPSA) is 63.2 Å². The van der Waals surface area contributed by atoms with Gasteiger partial charge in [0, 0.05) is 0 Å². The first-order valence-electron chi connectivity index (χ1n) is 7.91. The molecule has 1 heterocycles. The lowest BCUT2D eigenvalue weighted by molar-refractivity contribution is 0.0973. The number of ether oxygens (including phenoxy) is 1. The van der Waals surface area contributed by atoms with E-state index in [1.807, 2.05) is 6.07 Å². The Morgan fingerprint density at radius 1 is 1.28 bits per heavy atom. The van der Waals surface area contributed by atoms with Crippen molar-refractivity contribution in [3.8, 4) is 5.75 Å². The van der Waals surface area contributed by atoms with Crippen molar-refractivity contribution >= 4 is 40.5 Å². The third kappa shape index (κ3) is 6.32. The minimum absolute atomic E-state index is 0.172. The summed E-state index contributed by atoms with van der Waals surface area (Å²) in [5.41, 5.74) is 1.07. The fraction of sp³-hybridized carbons (Fsp3) is 0.278. The van der Waals surface area contributed by atoms with E-state index >= 15 is 0 Å². The largest absolute Gasteiger partial charge is 0.493 e. The van der Waals surface area contributed by atoms with Crippen LogP contribution in [-0.2, 0) is 0 Å². The van der Waals surface area contributed by atoms with Crippen molar-refractivity contribution in [2.45, 2.75) is 20.3 Å². The maximum Gasteiger partial charge on any atom is 0.261 e. The third-order valence-corrected chi connectivity index (χ3v) is 3.72. The quantitative estimate of drug-likeness (QED) is 0.581. The van der Waals surface area contributed by atoms with Crippen molar-refractivity contribution in [3.63, 3.8) is 0 Å². The zero-order valence-electron chi connectivity index (χ0n) is 14.1. The Labute approximate surface area is 157 Å². The van der Waals surface area contributed by atoms with Gasteiger partial charge in [-0.05, 0) is 48.8 Å². The van der Waals surface area contributed by atoms with Crippen LogP contribution in [0.4, 0.5) is 5.69 Å². The Bertz CT molecular complexity index is 735. The predicted molar refractivity (Wildman–Crippen MR) is 104 cm³/mol. The number of carbonyl (C=O) groups excluding carboxylic acids is 1. The first kappa shape index (κ1) is 19.1. The second kappa shape index (κ2) is 9.34. The Hall–Kier alpha value is -2.18. The van der Waals surface area contributed by atoms with Crippen LogP contribution >= 0.6 is 23.8 Å². The highest BCUT2D eigenvalue weighted by molar-refractivity contribution is 7.80. The van der Waals surface area contributed by atoms with E-state index in [0.717, 1.165) is 6.42 Å². The van der Waals surface area contributed by atoms with Crippen molar-refractivity contribution in [3.05, 3.63) is 53.3 Å². The number of hydrogen-bond donors (Lipinski definition) is 2. The van der Waals surface area contributed by atoms with Crippen LogP contribution < -0.4 is 15.4 Å². The summed E-state index contributed by atoms with van der Waals surface area (Å²) >= 11 is 10.9. The molecule has 0 spiro atoms. The average molecular weight is 378 g/mol. The van der Waals surface area contributed by atoms with Crippen molar-refractivity contribution in [2.75, 3.05) is 11.9 Å². The second-order valence-electron chi connectivity index (χ2n) is 5.80. The zero-order chi connectivity index (χ0) is 18.2. The molecule has 0 atom stereocenters. The van der Waals surface area contributed by atoms with Gasteiger partial charge >= 0.3 is 0 Å². The average Bonchev–Trinajstić information content (AvgIpc) is 2.57. The highest BCUT2D eigenvalue weighted by Crippen LogP contribution is 2.19. The van der Waals surface area contributed by atoms with Crippen LogP contribution in [-0.4, -0.2) is 22.6 Å². The lowest BCUT2D eigenvalue weighted by Gasteiger charge is -2.13. The lowest BCUT2D eigenvalue weighted by Crippen LogP contribution is -2.34. The van der Waals surface area contributed by atoms with Crippen LogP contribution in [0.5, 0.6) is 5.75 Å². The van der Waals surface area contributed by atoms with E-state index < -0.39 is 0 Å².